The Labute approximate surface area is 195 Å². The Balaban J connectivity index is 1.62. The van der Waals surface area contributed by atoms with E-state index in [1.807, 2.05) is 0 Å². The van der Waals surface area contributed by atoms with Crippen LogP contribution in [0.5, 0.6) is 0 Å². The van der Waals surface area contributed by atoms with E-state index in [0.29, 0.717) is 36.0 Å². The SMILES string of the molecule is CC[C@H]1[C@@H](O)[C@H]2C3CC[C@H]([C@H](C)CCC(=O)OC)[C@@]3(C)CCC2[C@@]2(C)CC[C@@H](O)C[C@@]12C. The van der Waals surface area contributed by atoms with Crippen LogP contribution in [0.2, 0.25) is 0 Å². The number of ether oxygens (including phenoxy) is 1. The van der Waals surface area contributed by atoms with Gasteiger partial charge in [-0.05, 0) is 103 Å². The van der Waals surface area contributed by atoms with Gasteiger partial charge in [-0.1, -0.05) is 41.0 Å². The topological polar surface area (TPSA) is 66.8 Å². The molecule has 32 heavy (non-hydrogen) atoms. The van der Waals surface area contributed by atoms with Gasteiger partial charge in [0.25, 0.3) is 0 Å². The lowest BCUT2D eigenvalue weighted by Crippen LogP contribution is -2.66. The van der Waals surface area contributed by atoms with Crippen LogP contribution >= 0.6 is 0 Å². The van der Waals surface area contributed by atoms with Crippen molar-refractivity contribution >= 4 is 5.97 Å². The fourth-order valence-corrected chi connectivity index (χ4v) is 10.1. The van der Waals surface area contributed by atoms with Crippen molar-refractivity contribution in [3.63, 3.8) is 0 Å². The zero-order chi connectivity index (χ0) is 23.5. The summed E-state index contributed by atoms with van der Waals surface area (Å²) in [5.74, 6) is 2.81. The number of aliphatic hydroxyl groups is 2. The molecule has 0 radical (unpaired) electrons. The van der Waals surface area contributed by atoms with Crippen LogP contribution in [0.15, 0.2) is 0 Å². The number of aliphatic hydroxyl groups excluding tert-OH is 2. The summed E-state index contributed by atoms with van der Waals surface area (Å²) in [4.78, 5) is 11.7. The van der Waals surface area contributed by atoms with Crippen LogP contribution in [0.1, 0.15) is 98.8 Å². The lowest BCUT2D eigenvalue weighted by atomic mass is 9.36. The van der Waals surface area contributed by atoms with E-state index in [2.05, 4.69) is 34.6 Å². The molecule has 0 saturated heterocycles. The second kappa shape index (κ2) is 8.56. The molecule has 0 bridgehead atoms. The zero-order valence-electron chi connectivity index (χ0n) is 21.4. The van der Waals surface area contributed by atoms with Gasteiger partial charge >= 0.3 is 5.97 Å². The highest BCUT2D eigenvalue weighted by Crippen LogP contribution is 2.72. The molecule has 2 unspecified atom stereocenters. The number of carbonyl (C=O) groups excluding carboxylic acids is 1. The first-order chi connectivity index (χ1) is 15.0. The van der Waals surface area contributed by atoms with Crippen LogP contribution in [0.4, 0.5) is 0 Å². The van der Waals surface area contributed by atoms with Crippen molar-refractivity contribution in [2.75, 3.05) is 7.11 Å². The summed E-state index contributed by atoms with van der Waals surface area (Å²) in [6, 6.07) is 0. The molecule has 11 atom stereocenters. The van der Waals surface area contributed by atoms with Gasteiger partial charge in [0, 0.05) is 6.42 Å². The molecule has 4 aliphatic carbocycles. The predicted octanol–water partition coefficient (Wildman–Crippen LogP) is 5.59. The second-order valence-electron chi connectivity index (χ2n) is 12.8. The molecule has 0 amide bonds. The van der Waals surface area contributed by atoms with Crippen LogP contribution < -0.4 is 0 Å². The smallest absolute Gasteiger partial charge is 0.305 e. The highest BCUT2D eigenvalue weighted by molar-refractivity contribution is 5.69. The number of rotatable bonds is 5. The van der Waals surface area contributed by atoms with E-state index < -0.39 is 0 Å². The maximum Gasteiger partial charge on any atom is 0.305 e. The number of carbonyl (C=O) groups is 1. The van der Waals surface area contributed by atoms with Crippen molar-refractivity contribution in [3.05, 3.63) is 0 Å². The number of hydrogen-bond acceptors (Lipinski definition) is 4. The highest BCUT2D eigenvalue weighted by Gasteiger charge is 2.68. The summed E-state index contributed by atoms with van der Waals surface area (Å²) in [5.41, 5.74) is 0.473. The summed E-state index contributed by atoms with van der Waals surface area (Å²) < 4.78 is 4.89. The number of esters is 1. The molecule has 4 heteroatoms. The third-order valence-corrected chi connectivity index (χ3v) is 12.0. The van der Waals surface area contributed by atoms with Gasteiger partial charge in [-0.25, -0.2) is 0 Å². The summed E-state index contributed by atoms with van der Waals surface area (Å²) in [5, 5.41) is 22.5. The standard InChI is InChI=1S/C28H48O4/c1-7-19-25(31)24-21-10-9-20(17(2)8-11-23(30)32-6)26(21,3)14-13-22(24)27(4)15-12-18(29)16-28(19,27)5/h17-22,24-25,29,31H,7-16H2,1-6H3/t17-,18-,19+,20-,21?,22?,24+,25-,26-,27-,28+/m1/s1. The third-order valence-electron chi connectivity index (χ3n) is 12.0. The lowest BCUT2D eigenvalue weighted by molar-refractivity contribution is -0.243. The first kappa shape index (κ1) is 24.5. The third kappa shape index (κ3) is 3.41. The summed E-state index contributed by atoms with van der Waals surface area (Å²) in [7, 11) is 1.48. The van der Waals surface area contributed by atoms with Gasteiger partial charge in [0.2, 0.25) is 0 Å². The highest BCUT2D eigenvalue weighted by atomic mass is 16.5. The molecule has 4 fully saturated rings. The number of methoxy groups -OCH3 is 1. The molecule has 4 aliphatic rings. The molecule has 0 spiro atoms. The Kier molecular flexibility index (Phi) is 6.55. The van der Waals surface area contributed by atoms with E-state index in [9.17, 15) is 15.0 Å². The van der Waals surface area contributed by atoms with E-state index in [1.165, 1.54) is 32.8 Å². The molecule has 0 aromatic carbocycles. The average Bonchev–Trinajstić information content (AvgIpc) is 3.10. The number of fused-ring (bicyclic) bond motifs is 5. The molecule has 4 saturated carbocycles. The Morgan fingerprint density at radius 2 is 1.75 bits per heavy atom. The Hall–Kier alpha value is -0.610. The van der Waals surface area contributed by atoms with Gasteiger partial charge in [-0.2, -0.15) is 0 Å². The molecule has 0 heterocycles. The quantitative estimate of drug-likeness (QED) is 0.538. The first-order valence-corrected chi connectivity index (χ1v) is 13.5. The van der Waals surface area contributed by atoms with Crippen LogP contribution in [0, 0.1) is 51.8 Å². The van der Waals surface area contributed by atoms with Gasteiger partial charge in [-0.3, -0.25) is 4.79 Å². The normalized spacial score (nSPS) is 51.3. The molecule has 184 valence electrons. The van der Waals surface area contributed by atoms with Crippen LogP contribution in [0.25, 0.3) is 0 Å². The van der Waals surface area contributed by atoms with Gasteiger partial charge < -0.3 is 14.9 Å². The predicted molar refractivity (Wildman–Crippen MR) is 127 cm³/mol. The summed E-state index contributed by atoms with van der Waals surface area (Å²) in [6.45, 7) is 12.0. The minimum atomic E-state index is -0.262. The van der Waals surface area contributed by atoms with Crippen LogP contribution in [-0.4, -0.2) is 35.5 Å². The van der Waals surface area contributed by atoms with Crippen molar-refractivity contribution in [2.45, 2.75) is 111 Å². The molecule has 0 aromatic heterocycles. The fraction of sp³-hybridized carbons (Fsp3) is 0.964. The monoisotopic (exact) mass is 448 g/mol. The maximum absolute atomic E-state index is 11.9. The van der Waals surface area contributed by atoms with Crippen molar-refractivity contribution in [1.29, 1.82) is 0 Å². The van der Waals surface area contributed by atoms with E-state index in [0.717, 1.165) is 32.1 Å². The molecule has 0 aliphatic heterocycles. The van der Waals surface area contributed by atoms with Gasteiger partial charge in [0.15, 0.2) is 0 Å². The molecule has 2 N–H and O–H groups in total. The second-order valence-corrected chi connectivity index (χ2v) is 12.8. The summed E-state index contributed by atoms with van der Waals surface area (Å²) >= 11 is 0. The number of hydrogen-bond donors (Lipinski definition) is 2. The van der Waals surface area contributed by atoms with E-state index in [1.54, 1.807) is 0 Å². The van der Waals surface area contributed by atoms with Crippen molar-refractivity contribution < 1.29 is 19.7 Å². The average molecular weight is 449 g/mol. The first-order valence-electron chi connectivity index (χ1n) is 13.5. The van der Waals surface area contributed by atoms with E-state index in [4.69, 9.17) is 4.74 Å². The van der Waals surface area contributed by atoms with Crippen LogP contribution in [0.3, 0.4) is 0 Å². The molecule has 4 nitrogen and oxygen atoms in total. The van der Waals surface area contributed by atoms with Gasteiger partial charge in [-0.15, -0.1) is 0 Å². The van der Waals surface area contributed by atoms with E-state index >= 15 is 0 Å². The zero-order valence-corrected chi connectivity index (χ0v) is 21.4. The Bertz CT molecular complexity index is 708. The molecule has 0 aromatic rings. The minimum absolute atomic E-state index is 0.0134. The largest absolute Gasteiger partial charge is 0.469 e. The van der Waals surface area contributed by atoms with Crippen molar-refractivity contribution in [2.24, 2.45) is 51.8 Å². The van der Waals surface area contributed by atoms with Gasteiger partial charge in [0.1, 0.15) is 0 Å². The van der Waals surface area contributed by atoms with Crippen LogP contribution in [-0.2, 0) is 9.53 Å². The molecule has 4 rings (SSSR count). The minimum Gasteiger partial charge on any atom is -0.469 e. The fourth-order valence-electron chi connectivity index (χ4n) is 10.1. The Morgan fingerprint density at radius 1 is 1.03 bits per heavy atom. The maximum atomic E-state index is 11.9. The van der Waals surface area contributed by atoms with E-state index in [-0.39, 0.29) is 40.3 Å². The Morgan fingerprint density at radius 3 is 2.41 bits per heavy atom. The van der Waals surface area contributed by atoms with Crippen molar-refractivity contribution in [3.8, 4) is 0 Å². The van der Waals surface area contributed by atoms with Crippen molar-refractivity contribution in [1.82, 2.24) is 0 Å². The summed E-state index contributed by atoms with van der Waals surface area (Å²) in [6.07, 6.45) is 9.67. The lowest BCUT2D eigenvalue weighted by Gasteiger charge is -2.69. The van der Waals surface area contributed by atoms with Gasteiger partial charge in [0.05, 0.1) is 19.3 Å². The molecular formula is C28H48O4. The molecular weight excluding hydrogens is 400 g/mol.